The molecule has 2 saturated heterocycles. The lowest BCUT2D eigenvalue weighted by molar-refractivity contribution is -0.149. The van der Waals surface area contributed by atoms with Crippen LogP contribution in [0.3, 0.4) is 0 Å². The predicted molar refractivity (Wildman–Crippen MR) is 117 cm³/mol. The van der Waals surface area contributed by atoms with E-state index in [2.05, 4.69) is 52.4 Å². The molecule has 0 aliphatic carbocycles. The van der Waals surface area contributed by atoms with Gasteiger partial charge in [-0.3, -0.25) is 14.7 Å². The number of benzene rings is 1. The first kappa shape index (κ1) is 21.6. The number of nitrogens with zero attached hydrogens (tertiary/aromatic N) is 3. The lowest BCUT2D eigenvalue weighted by Crippen LogP contribution is -2.47. The Morgan fingerprint density at radius 1 is 1.14 bits per heavy atom. The molecule has 2 fully saturated rings. The van der Waals surface area contributed by atoms with Crippen LogP contribution in [-0.2, 0) is 16.1 Å². The molecule has 6 heteroatoms. The van der Waals surface area contributed by atoms with Gasteiger partial charge in [0.1, 0.15) is 0 Å². The van der Waals surface area contributed by atoms with Crippen LogP contribution in [0.5, 0.6) is 0 Å². The standard InChI is InChI=1S/C23H36N4O2/c1-3-24-23(26-15-12-20(13-16-26)22(28)29-4-2)25-17-21-11-8-14-27(21)18-19-9-6-5-7-10-19/h5-7,9-10,20-21H,3-4,8,11-18H2,1-2H3,(H,24,25). The summed E-state index contributed by atoms with van der Waals surface area (Å²) in [4.78, 5) is 21.9. The van der Waals surface area contributed by atoms with Crippen LogP contribution in [-0.4, -0.2) is 67.1 Å². The molecule has 2 heterocycles. The van der Waals surface area contributed by atoms with E-state index in [0.717, 1.165) is 58.1 Å². The summed E-state index contributed by atoms with van der Waals surface area (Å²) in [6.07, 6.45) is 4.13. The Labute approximate surface area is 175 Å². The topological polar surface area (TPSA) is 57.2 Å². The number of ether oxygens (including phenoxy) is 1. The second-order valence-electron chi connectivity index (χ2n) is 7.96. The van der Waals surface area contributed by atoms with Crippen LogP contribution < -0.4 is 5.32 Å². The number of aliphatic imine (C=N–C) groups is 1. The van der Waals surface area contributed by atoms with Gasteiger partial charge in [0.2, 0.25) is 0 Å². The van der Waals surface area contributed by atoms with Crippen LogP contribution in [0.4, 0.5) is 0 Å². The maximum atomic E-state index is 12.0. The normalized spacial score (nSPS) is 21.4. The number of carbonyl (C=O) groups is 1. The Morgan fingerprint density at radius 3 is 2.59 bits per heavy atom. The lowest BCUT2D eigenvalue weighted by Gasteiger charge is -2.33. The minimum Gasteiger partial charge on any atom is -0.466 e. The van der Waals surface area contributed by atoms with Crippen LogP contribution in [0.1, 0.15) is 45.1 Å². The molecule has 0 saturated carbocycles. The van der Waals surface area contributed by atoms with Gasteiger partial charge in [-0.2, -0.15) is 0 Å². The summed E-state index contributed by atoms with van der Waals surface area (Å²) in [6.45, 7) is 9.98. The molecule has 2 aliphatic heterocycles. The molecule has 6 nitrogen and oxygen atoms in total. The van der Waals surface area contributed by atoms with E-state index in [-0.39, 0.29) is 11.9 Å². The predicted octanol–water partition coefficient (Wildman–Crippen LogP) is 2.89. The Hall–Kier alpha value is -2.08. The molecule has 0 spiro atoms. The van der Waals surface area contributed by atoms with Crippen molar-refractivity contribution < 1.29 is 9.53 Å². The van der Waals surface area contributed by atoms with Crippen LogP contribution in [0.25, 0.3) is 0 Å². The Morgan fingerprint density at radius 2 is 1.90 bits per heavy atom. The quantitative estimate of drug-likeness (QED) is 0.433. The zero-order chi connectivity index (χ0) is 20.5. The van der Waals surface area contributed by atoms with Gasteiger partial charge in [-0.05, 0) is 51.6 Å². The minimum atomic E-state index is -0.0448. The third kappa shape index (κ3) is 6.20. The molecule has 0 bridgehead atoms. The first-order valence-electron chi connectivity index (χ1n) is 11.2. The van der Waals surface area contributed by atoms with Gasteiger partial charge in [0.05, 0.1) is 19.1 Å². The summed E-state index contributed by atoms with van der Waals surface area (Å²) in [7, 11) is 0. The average Bonchev–Trinajstić information content (AvgIpc) is 3.19. The van der Waals surface area contributed by atoms with Crippen molar-refractivity contribution in [2.75, 3.05) is 39.3 Å². The van der Waals surface area contributed by atoms with Crippen molar-refractivity contribution in [3.05, 3.63) is 35.9 Å². The fourth-order valence-electron chi connectivity index (χ4n) is 4.33. The van der Waals surface area contributed by atoms with Crippen LogP contribution in [0.15, 0.2) is 35.3 Å². The monoisotopic (exact) mass is 400 g/mol. The van der Waals surface area contributed by atoms with Crippen molar-refractivity contribution >= 4 is 11.9 Å². The van der Waals surface area contributed by atoms with Crippen LogP contribution in [0, 0.1) is 5.92 Å². The highest BCUT2D eigenvalue weighted by atomic mass is 16.5. The van der Waals surface area contributed by atoms with Crippen molar-refractivity contribution in [1.82, 2.24) is 15.1 Å². The highest BCUT2D eigenvalue weighted by molar-refractivity contribution is 5.80. The number of nitrogens with one attached hydrogen (secondary N) is 1. The van der Waals surface area contributed by atoms with Crippen molar-refractivity contribution in [2.45, 2.75) is 52.1 Å². The second-order valence-corrected chi connectivity index (χ2v) is 7.96. The largest absolute Gasteiger partial charge is 0.466 e. The molecule has 1 N–H and O–H groups in total. The summed E-state index contributed by atoms with van der Waals surface area (Å²) in [5.74, 6) is 0.975. The highest BCUT2D eigenvalue weighted by Gasteiger charge is 2.28. The third-order valence-corrected chi connectivity index (χ3v) is 5.93. The number of hydrogen-bond acceptors (Lipinski definition) is 4. The molecule has 1 aromatic carbocycles. The molecule has 160 valence electrons. The van der Waals surface area contributed by atoms with E-state index >= 15 is 0 Å². The molecule has 0 radical (unpaired) electrons. The van der Waals surface area contributed by atoms with Gasteiger partial charge in [-0.15, -0.1) is 0 Å². The molecule has 29 heavy (non-hydrogen) atoms. The Bertz CT molecular complexity index is 656. The molecule has 0 amide bonds. The van der Waals surface area contributed by atoms with Crippen molar-refractivity contribution in [1.29, 1.82) is 0 Å². The molecule has 1 atom stereocenters. The maximum absolute atomic E-state index is 12.0. The SMILES string of the molecule is CCNC(=NCC1CCCN1Cc1ccccc1)N1CCC(C(=O)OCC)CC1. The van der Waals surface area contributed by atoms with Gasteiger partial charge in [0.15, 0.2) is 5.96 Å². The Kier molecular flexibility index (Phi) is 8.35. The van der Waals surface area contributed by atoms with Gasteiger partial charge in [-0.25, -0.2) is 0 Å². The fraction of sp³-hybridized carbons (Fsp3) is 0.652. The van der Waals surface area contributed by atoms with Gasteiger partial charge < -0.3 is 15.0 Å². The van der Waals surface area contributed by atoms with E-state index in [1.807, 2.05) is 6.92 Å². The Balaban J connectivity index is 1.55. The third-order valence-electron chi connectivity index (χ3n) is 5.93. The number of carbonyl (C=O) groups excluding carboxylic acids is 1. The molecule has 2 aliphatic rings. The van der Waals surface area contributed by atoms with Crippen LogP contribution in [0.2, 0.25) is 0 Å². The van der Waals surface area contributed by atoms with E-state index in [1.165, 1.54) is 18.4 Å². The molecular weight excluding hydrogens is 364 g/mol. The summed E-state index contributed by atoms with van der Waals surface area (Å²) in [5, 5.41) is 3.45. The number of hydrogen-bond donors (Lipinski definition) is 1. The van der Waals surface area contributed by atoms with E-state index in [9.17, 15) is 4.79 Å². The summed E-state index contributed by atoms with van der Waals surface area (Å²) in [5.41, 5.74) is 1.37. The number of likely N-dealkylation sites (tertiary alicyclic amines) is 2. The zero-order valence-electron chi connectivity index (χ0n) is 18.0. The van der Waals surface area contributed by atoms with E-state index in [1.54, 1.807) is 0 Å². The fourth-order valence-corrected chi connectivity index (χ4v) is 4.33. The summed E-state index contributed by atoms with van der Waals surface area (Å²) < 4.78 is 5.19. The van der Waals surface area contributed by atoms with E-state index < -0.39 is 0 Å². The van der Waals surface area contributed by atoms with Crippen molar-refractivity contribution in [3.63, 3.8) is 0 Å². The first-order valence-corrected chi connectivity index (χ1v) is 11.2. The van der Waals surface area contributed by atoms with Gasteiger partial charge in [0.25, 0.3) is 0 Å². The zero-order valence-corrected chi connectivity index (χ0v) is 18.0. The first-order chi connectivity index (χ1) is 14.2. The van der Waals surface area contributed by atoms with Gasteiger partial charge in [0, 0.05) is 32.2 Å². The summed E-state index contributed by atoms with van der Waals surface area (Å²) >= 11 is 0. The van der Waals surface area contributed by atoms with E-state index in [4.69, 9.17) is 9.73 Å². The number of rotatable bonds is 7. The van der Waals surface area contributed by atoms with Crippen LogP contribution >= 0.6 is 0 Å². The number of guanidine groups is 1. The van der Waals surface area contributed by atoms with Crippen molar-refractivity contribution in [2.24, 2.45) is 10.9 Å². The van der Waals surface area contributed by atoms with Gasteiger partial charge >= 0.3 is 5.97 Å². The number of piperidine rings is 1. The number of esters is 1. The minimum absolute atomic E-state index is 0.0327. The van der Waals surface area contributed by atoms with E-state index in [0.29, 0.717) is 12.6 Å². The highest BCUT2D eigenvalue weighted by Crippen LogP contribution is 2.21. The smallest absolute Gasteiger partial charge is 0.309 e. The molecule has 0 aromatic heterocycles. The van der Waals surface area contributed by atoms with Crippen molar-refractivity contribution in [3.8, 4) is 0 Å². The molecule has 1 aromatic rings. The maximum Gasteiger partial charge on any atom is 0.309 e. The average molecular weight is 401 g/mol. The van der Waals surface area contributed by atoms with Gasteiger partial charge in [-0.1, -0.05) is 30.3 Å². The second kappa shape index (κ2) is 11.2. The molecule has 1 unspecified atom stereocenters. The summed E-state index contributed by atoms with van der Waals surface area (Å²) in [6, 6.07) is 11.2. The molecular formula is C23H36N4O2. The lowest BCUT2D eigenvalue weighted by atomic mass is 9.97. The molecule has 3 rings (SSSR count).